The van der Waals surface area contributed by atoms with Gasteiger partial charge in [0.1, 0.15) is 11.8 Å². The van der Waals surface area contributed by atoms with Crippen LogP contribution in [-0.2, 0) is 11.2 Å². The molecule has 0 aliphatic rings. The van der Waals surface area contributed by atoms with E-state index in [2.05, 4.69) is 15.6 Å². The molecule has 3 aromatic carbocycles. The second-order valence-electron chi connectivity index (χ2n) is 7.32. The number of carbonyl (C=O) groups excluding carboxylic acids is 2. The number of hydrogen-bond donors (Lipinski definition) is 3. The topological polar surface area (TPSA) is 83.2 Å². The lowest BCUT2D eigenvalue weighted by Gasteiger charge is -2.18. The third-order valence-corrected chi connectivity index (χ3v) is 4.98. The molecular weight excluding hydrogens is 390 g/mol. The van der Waals surface area contributed by atoms with Crippen molar-refractivity contribution in [3.63, 3.8) is 0 Å². The minimum absolute atomic E-state index is 0.311. The van der Waals surface area contributed by atoms with Crippen LogP contribution in [0.15, 0.2) is 85.1 Å². The number of ether oxygens (including phenoxy) is 1. The fraction of sp³-hybridized carbons (Fsp3) is 0.120. The van der Waals surface area contributed by atoms with Gasteiger partial charge in [0.15, 0.2) is 0 Å². The van der Waals surface area contributed by atoms with Gasteiger partial charge in [-0.05, 0) is 42.8 Å². The molecule has 1 heterocycles. The van der Waals surface area contributed by atoms with Crippen molar-refractivity contribution in [3.8, 4) is 5.75 Å². The number of para-hydroxylation sites is 2. The molecule has 6 nitrogen and oxygen atoms in total. The van der Waals surface area contributed by atoms with Gasteiger partial charge in [-0.25, -0.2) is 4.79 Å². The minimum atomic E-state index is -0.822. The second kappa shape index (κ2) is 9.17. The van der Waals surface area contributed by atoms with Gasteiger partial charge in [0, 0.05) is 29.2 Å². The van der Waals surface area contributed by atoms with E-state index >= 15 is 0 Å². The van der Waals surface area contributed by atoms with Crippen molar-refractivity contribution in [1.29, 1.82) is 0 Å². The Morgan fingerprint density at radius 1 is 0.935 bits per heavy atom. The molecule has 0 spiro atoms. The summed E-state index contributed by atoms with van der Waals surface area (Å²) in [7, 11) is 0. The quantitative estimate of drug-likeness (QED) is 0.424. The lowest BCUT2D eigenvalue weighted by atomic mass is 10.0. The minimum Gasteiger partial charge on any atom is -0.410 e. The van der Waals surface area contributed by atoms with Crippen LogP contribution in [0.5, 0.6) is 5.75 Å². The van der Waals surface area contributed by atoms with Crippen LogP contribution in [0.25, 0.3) is 10.9 Å². The van der Waals surface area contributed by atoms with Crippen molar-refractivity contribution in [2.75, 3.05) is 5.32 Å². The van der Waals surface area contributed by atoms with Gasteiger partial charge in [0.25, 0.3) is 0 Å². The molecule has 0 saturated heterocycles. The first-order valence-corrected chi connectivity index (χ1v) is 10.0. The Balaban J connectivity index is 1.54. The first-order valence-electron chi connectivity index (χ1n) is 10.0. The highest BCUT2D eigenvalue weighted by Crippen LogP contribution is 2.20. The van der Waals surface area contributed by atoms with Crippen LogP contribution in [0, 0.1) is 6.92 Å². The van der Waals surface area contributed by atoms with E-state index in [9.17, 15) is 9.59 Å². The van der Waals surface area contributed by atoms with Crippen LogP contribution in [0.4, 0.5) is 10.5 Å². The van der Waals surface area contributed by atoms with E-state index in [0.717, 1.165) is 22.0 Å². The summed E-state index contributed by atoms with van der Waals surface area (Å²) in [6.45, 7) is 1.98. The zero-order chi connectivity index (χ0) is 21.6. The summed E-state index contributed by atoms with van der Waals surface area (Å²) in [6.07, 6.45) is 1.49. The fourth-order valence-corrected chi connectivity index (χ4v) is 3.36. The Morgan fingerprint density at radius 2 is 1.65 bits per heavy atom. The summed E-state index contributed by atoms with van der Waals surface area (Å²) >= 11 is 0. The monoisotopic (exact) mass is 413 g/mol. The molecule has 0 aliphatic heterocycles. The average molecular weight is 413 g/mol. The molecule has 0 fully saturated rings. The molecule has 2 amide bonds. The summed E-state index contributed by atoms with van der Waals surface area (Å²) in [5.74, 6) is 0.0870. The van der Waals surface area contributed by atoms with E-state index in [1.165, 1.54) is 0 Å². The molecule has 4 rings (SSSR count). The number of aromatic nitrogens is 1. The lowest BCUT2D eigenvalue weighted by Crippen LogP contribution is -2.46. The molecule has 0 saturated carbocycles. The molecule has 3 N–H and O–H groups in total. The highest BCUT2D eigenvalue weighted by Gasteiger charge is 2.24. The molecule has 6 heteroatoms. The number of carbonyl (C=O) groups is 2. The Kier molecular flexibility index (Phi) is 5.98. The van der Waals surface area contributed by atoms with Gasteiger partial charge in [0.05, 0.1) is 0 Å². The normalized spacial score (nSPS) is 11.6. The van der Waals surface area contributed by atoms with E-state index in [4.69, 9.17) is 4.74 Å². The van der Waals surface area contributed by atoms with Gasteiger partial charge in [-0.15, -0.1) is 0 Å². The van der Waals surface area contributed by atoms with E-state index in [1.54, 1.807) is 24.3 Å². The summed E-state index contributed by atoms with van der Waals surface area (Å²) in [5, 5.41) is 6.60. The molecular formula is C25H23N3O3. The average Bonchev–Trinajstić information content (AvgIpc) is 3.18. The number of H-pyrrole nitrogens is 1. The summed E-state index contributed by atoms with van der Waals surface area (Å²) < 4.78 is 5.33. The van der Waals surface area contributed by atoms with Crippen LogP contribution in [-0.4, -0.2) is 23.0 Å². The second-order valence-corrected chi connectivity index (χ2v) is 7.32. The highest BCUT2D eigenvalue weighted by atomic mass is 16.6. The largest absolute Gasteiger partial charge is 0.413 e. The smallest absolute Gasteiger partial charge is 0.410 e. The first-order chi connectivity index (χ1) is 15.1. The predicted molar refractivity (Wildman–Crippen MR) is 121 cm³/mol. The third-order valence-electron chi connectivity index (χ3n) is 4.98. The number of rotatable bonds is 6. The Hall–Kier alpha value is -4.06. The highest BCUT2D eigenvalue weighted by molar-refractivity contribution is 5.97. The van der Waals surface area contributed by atoms with Crippen molar-refractivity contribution in [1.82, 2.24) is 10.3 Å². The molecule has 1 unspecified atom stereocenters. The number of anilines is 1. The number of fused-ring (bicyclic) bond motifs is 1. The predicted octanol–water partition coefficient (Wildman–Crippen LogP) is 4.81. The van der Waals surface area contributed by atoms with Crippen LogP contribution >= 0.6 is 0 Å². The van der Waals surface area contributed by atoms with Gasteiger partial charge >= 0.3 is 6.09 Å². The summed E-state index contributed by atoms with van der Waals surface area (Å²) in [4.78, 5) is 28.8. The van der Waals surface area contributed by atoms with E-state index < -0.39 is 12.1 Å². The number of aryl methyl sites for hydroxylation is 1. The van der Waals surface area contributed by atoms with E-state index in [0.29, 0.717) is 17.9 Å². The molecule has 0 aliphatic carbocycles. The van der Waals surface area contributed by atoms with Gasteiger partial charge in [0.2, 0.25) is 5.91 Å². The van der Waals surface area contributed by atoms with Crippen LogP contribution in [0.2, 0.25) is 0 Å². The van der Waals surface area contributed by atoms with Gasteiger partial charge in [-0.2, -0.15) is 0 Å². The zero-order valence-corrected chi connectivity index (χ0v) is 17.1. The SMILES string of the molecule is Cc1ccc(NC(=O)C(Cc2c[nH]c3ccccc23)NC(=O)Oc2ccccc2)cc1. The van der Waals surface area contributed by atoms with Crippen molar-refractivity contribution in [3.05, 3.63) is 96.2 Å². The molecule has 1 atom stereocenters. The Morgan fingerprint density at radius 3 is 2.42 bits per heavy atom. The number of hydrogen-bond acceptors (Lipinski definition) is 3. The lowest BCUT2D eigenvalue weighted by molar-refractivity contribution is -0.118. The fourth-order valence-electron chi connectivity index (χ4n) is 3.36. The molecule has 31 heavy (non-hydrogen) atoms. The maximum absolute atomic E-state index is 13.1. The van der Waals surface area contributed by atoms with Crippen LogP contribution in [0.1, 0.15) is 11.1 Å². The Bertz CT molecular complexity index is 1180. The number of aromatic amines is 1. The van der Waals surface area contributed by atoms with Gasteiger partial charge in [-0.1, -0.05) is 54.1 Å². The van der Waals surface area contributed by atoms with E-state index in [1.807, 2.05) is 67.7 Å². The van der Waals surface area contributed by atoms with Crippen molar-refractivity contribution >= 4 is 28.6 Å². The molecule has 4 aromatic rings. The van der Waals surface area contributed by atoms with Crippen molar-refractivity contribution in [2.45, 2.75) is 19.4 Å². The number of amides is 2. The molecule has 1 aromatic heterocycles. The van der Waals surface area contributed by atoms with Gasteiger partial charge in [-0.3, -0.25) is 4.79 Å². The molecule has 156 valence electrons. The van der Waals surface area contributed by atoms with Crippen molar-refractivity contribution in [2.24, 2.45) is 0 Å². The Labute approximate surface area is 180 Å². The van der Waals surface area contributed by atoms with Crippen LogP contribution in [0.3, 0.4) is 0 Å². The van der Waals surface area contributed by atoms with Crippen LogP contribution < -0.4 is 15.4 Å². The van der Waals surface area contributed by atoms with Crippen molar-refractivity contribution < 1.29 is 14.3 Å². The maximum atomic E-state index is 13.1. The van der Waals surface area contributed by atoms with Gasteiger partial charge < -0.3 is 20.4 Å². The number of nitrogens with one attached hydrogen (secondary N) is 3. The standard InChI is InChI=1S/C25H23N3O3/c1-17-11-13-19(14-12-17)27-24(29)23(28-25(30)31-20-7-3-2-4-8-20)15-18-16-26-22-10-6-5-9-21(18)22/h2-14,16,23,26H,15H2,1H3,(H,27,29)(H,28,30). The first kappa shape index (κ1) is 20.2. The number of benzene rings is 3. The summed E-state index contributed by atoms with van der Waals surface area (Å²) in [5.41, 5.74) is 3.66. The van der Waals surface area contributed by atoms with E-state index in [-0.39, 0.29) is 5.91 Å². The third kappa shape index (κ3) is 5.11. The molecule has 0 bridgehead atoms. The molecule has 0 radical (unpaired) electrons. The summed E-state index contributed by atoms with van der Waals surface area (Å²) in [6, 6.07) is 23.3. The maximum Gasteiger partial charge on any atom is 0.413 e. The zero-order valence-electron chi connectivity index (χ0n) is 17.1.